The third-order valence-electron chi connectivity index (χ3n) is 2.28. The first-order valence-corrected chi connectivity index (χ1v) is 6.18. The summed E-state index contributed by atoms with van der Waals surface area (Å²) in [7, 11) is 1.87. The second kappa shape index (κ2) is 7.41. The van der Waals surface area contributed by atoms with Gasteiger partial charge in [-0.05, 0) is 25.1 Å². The van der Waals surface area contributed by atoms with Crippen molar-refractivity contribution in [2.75, 3.05) is 20.1 Å². The van der Waals surface area contributed by atoms with E-state index in [4.69, 9.17) is 0 Å². The van der Waals surface area contributed by atoms with Crippen LogP contribution in [0.3, 0.4) is 0 Å². The number of carbonyl (C=O) groups is 1. The highest BCUT2D eigenvalue weighted by molar-refractivity contribution is 9.10. The van der Waals surface area contributed by atoms with Gasteiger partial charge in [-0.3, -0.25) is 4.79 Å². The van der Waals surface area contributed by atoms with Crippen molar-refractivity contribution in [1.29, 1.82) is 0 Å². The van der Waals surface area contributed by atoms with Crippen LogP contribution < -0.4 is 10.6 Å². The summed E-state index contributed by atoms with van der Waals surface area (Å²) in [6.07, 6.45) is 1.30. The van der Waals surface area contributed by atoms with E-state index in [1.54, 1.807) is 0 Å². The summed E-state index contributed by atoms with van der Waals surface area (Å²) in [6.45, 7) is 1.49. The van der Waals surface area contributed by atoms with Gasteiger partial charge in [-0.25, -0.2) is 0 Å². The Morgan fingerprint density at radius 1 is 1.31 bits per heavy atom. The molecule has 0 heterocycles. The number of hydrogen-bond donors (Lipinski definition) is 2. The number of amides is 1. The second-order valence-electron chi connectivity index (χ2n) is 3.54. The molecule has 16 heavy (non-hydrogen) atoms. The monoisotopic (exact) mass is 284 g/mol. The van der Waals surface area contributed by atoms with Crippen molar-refractivity contribution in [2.24, 2.45) is 0 Å². The fourth-order valence-corrected chi connectivity index (χ4v) is 1.85. The Labute approximate surface area is 105 Å². The van der Waals surface area contributed by atoms with Crippen LogP contribution in [0.4, 0.5) is 0 Å². The Morgan fingerprint density at radius 2 is 2.06 bits per heavy atom. The first kappa shape index (κ1) is 13.2. The second-order valence-corrected chi connectivity index (χ2v) is 4.40. The van der Waals surface area contributed by atoms with Crippen LogP contribution in [0.2, 0.25) is 0 Å². The molecule has 3 nitrogen and oxygen atoms in total. The van der Waals surface area contributed by atoms with Crippen molar-refractivity contribution >= 4 is 21.8 Å². The van der Waals surface area contributed by atoms with Crippen LogP contribution in [0, 0.1) is 0 Å². The van der Waals surface area contributed by atoms with Crippen LogP contribution in [0.15, 0.2) is 28.7 Å². The third kappa shape index (κ3) is 4.77. The van der Waals surface area contributed by atoms with Gasteiger partial charge in [0, 0.05) is 24.0 Å². The van der Waals surface area contributed by atoms with E-state index in [1.165, 1.54) is 5.56 Å². The van der Waals surface area contributed by atoms with Crippen molar-refractivity contribution in [1.82, 2.24) is 10.6 Å². The molecule has 0 spiro atoms. The van der Waals surface area contributed by atoms with Gasteiger partial charge in [0.1, 0.15) is 0 Å². The number of halogens is 1. The maximum atomic E-state index is 11.4. The maximum absolute atomic E-state index is 11.4. The number of likely N-dealkylation sites (N-methyl/N-ethyl adjacent to an activating group) is 1. The van der Waals surface area contributed by atoms with Gasteiger partial charge >= 0.3 is 0 Å². The van der Waals surface area contributed by atoms with Gasteiger partial charge in [0.05, 0.1) is 0 Å². The predicted molar refractivity (Wildman–Crippen MR) is 69.4 cm³/mol. The van der Waals surface area contributed by atoms with Gasteiger partial charge in [0.2, 0.25) is 5.91 Å². The summed E-state index contributed by atoms with van der Waals surface area (Å²) in [6, 6.07) is 7.98. The van der Waals surface area contributed by atoms with Gasteiger partial charge in [0.25, 0.3) is 0 Å². The van der Waals surface area contributed by atoms with Crippen molar-refractivity contribution in [3.63, 3.8) is 0 Å². The molecule has 1 amide bonds. The molecule has 0 radical (unpaired) electrons. The minimum atomic E-state index is 0.103. The van der Waals surface area contributed by atoms with Crippen molar-refractivity contribution in [3.8, 4) is 0 Å². The molecule has 0 unspecified atom stereocenters. The smallest absolute Gasteiger partial charge is 0.220 e. The highest BCUT2D eigenvalue weighted by atomic mass is 79.9. The van der Waals surface area contributed by atoms with Gasteiger partial charge in [-0.1, -0.05) is 34.1 Å². The largest absolute Gasteiger partial charge is 0.355 e. The standard InChI is InChI=1S/C12H17BrN2O/c1-14-8-9-15-12(16)7-6-10-4-2-3-5-11(10)13/h2-5,14H,6-9H2,1H3,(H,15,16). The topological polar surface area (TPSA) is 41.1 Å². The molecule has 0 aliphatic rings. The predicted octanol–water partition coefficient (Wildman–Crippen LogP) is 1.72. The van der Waals surface area contributed by atoms with Crippen molar-refractivity contribution in [2.45, 2.75) is 12.8 Å². The molecular formula is C12H17BrN2O. The number of aryl methyl sites for hydroxylation is 1. The van der Waals surface area contributed by atoms with Gasteiger partial charge in [-0.2, -0.15) is 0 Å². The van der Waals surface area contributed by atoms with E-state index in [2.05, 4.69) is 26.6 Å². The van der Waals surface area contributed by atoms with Gasteiger partial charge < -0.3 is 10.6 Å². The number of hydrogen-bond acceptors (Lipinski definition) is 2. The lowest BCUT2D eigenvalue weighted by atomic mass is 10.1. The zero-order valence-electron chi connectivity index (χ0n) is 9.42. The molecule has 4 heteroatoms. The van der Waals surface area contributed by atoms with E-state index in [1.807, 2.05) is 31.3 Å². The van der Waals surface area contributed by atoms with Crippen LogP contribution in [0.25, 0.3) is 0 Å². The molecule has 0 aliphatic heterocycles. The molecule has 0 aromatic heterocycles. The lowest BCUT2D eigenvalue weighted by Crippen LogP contribution is -2.30. The first-order chi connectivity index (χ1) is 7.74. The summed E-state index contributed by atoms with van der Waals surface area (Å²) in [5.74, 6) is 0.103. The molecule has 1 aromatic carbocycles. The van der Waals surface area contributed by atoms with Gasteiger partial charge in [-0.15, -0.1) is 0 Å². The maximum Gasteiger partial charge on any atom is 0.220 e. The van der Waals surface area contributed by atoms with Gasteiger partial charge in [0.15, 0.2) is 0 Å². The molecule has 2 N–H and O–H groups in total. The number of nitrogens with one attached hydrogen (secondary N) is 2. The van der Waals surface area contributed by atoms with E-state index in [0.29, 0.717) is 13.0 Å². The Balaban J connectivity index is 2.29. The summed E-state index contributed by atoms with van der Waals surface area (Å²) in [5.41, 5.74) is 1.17. The van der Waals surface area contributed by atoms with Crippen molar-refractivity contribution in [3.05, 3.63) is 34.3 Å². The fourth-order valence-electron chi connectivity index (χ4n) is 1.36. The highest BCUT2D eigenvalue weighted by Crippen LogP contribution is 2.17. The molecule has 0 saturated carbocycles. The number of carbonyl (C=O) groups excluding carboxylic acids is 1. The first-order valence-electron chi connectivity index (χ1n) is 5.38. The molecule has 1 rings (SSSR count). The molecule has 0 fully saturated rings. The van der Waals surface area contributed by atoms with E-state index < -0.39 is 0 Å². The third-order valence-corrected chi connectivity index (χ3v) is 3.05. The lowest BCUT2D eigenvalue weighted by Gasteiger charge is -2.05. The fraction of sp³-hybridized carbons (Fsp3) is 0.417. The Hall–Kier alpha value is -0.870. The quantitative estimate of drug-likeness (QED) is 0.781. The Bertz CT molecular complexity index is 342. The van der Waals surface area contributed by atoms with E-state index in [9.17, 15) is 4.79 Å². The molecular weight excluding hydrogens is 268 g/mol. The molecule has 0 saturated heterocycles. The summed E-state index contributed by atoms with van der Waals surface area (Å²) >= 11 is 3.47. The SMILES string of the molecule is CNCCNC(=O)CCc1ccccc1Br. The summed E-state index contributed by atoms with van der Waals surface area (Å²) in [4.78, 5) is 11.4. The number of benzene rings is 1. The van der Waals surface area contributed by atoms with Crippen LogP contribution in [0.1, 0.15) is 12.0 Å². The van der Waals surface area contributed by atoms with E-state index in [0.717, 1.165) is 17.4 Å². The minimum Gasteiger partial charge on any atom is -0.355 e. The van der Waals surface area contributed by atoms with E-state index in [-0.39, 0.29) is 5.91 Å². The van der Waals surface area contributed by atoms with Crippen LogP contribution in [-0.4, -0.2) is 26.0 Å². The zero-order chi connectivity index (χ0) is 11.8. The Kier molecular flexibility index (Phi) is 6.11. The average molecular weight is 285 g/mol. The summed E-state index contributed by atoms with van der Waals surface area (Å²) < 4.78 is 1.07. The average Bonchev–Trinajstić information content (AvgIpc) is 2.28. The lowest BCUT2D eigenvalue weighted by molar-refractivity contribution is -0.121. The van der Waals surface area contributed by atoms with Crippen LogP contribution >= 0.6 is 15.9 Å². The Morgan fingerprint density at radius 3 is 2.75 bits per heavy atom. The molecule has 0 aliphatic carbocycles. The summed E-state index contributed by atoms with van der Waals surface area (Å²) in [5, 5.41) is 5.84. The molecule has 0 atom stereocenters. The normalized spacial score (nSPS) is 10.1. The molecule has 1 aromatic rings. The van der Waals surface area contributed by atoms with E-state index >= 15 is 0 Å². The van der Waals surface area contributed by atoms with Crippen molar-refractivity contribution < 1.29 is 4.79 Å². The zero-order valence-corrected chi connectivity index (χ0v) is 11.0. The van der Waals surface area contributed by atoms with Crippen LogP contribution in [0.5, 0.6) is 0 Å². The van der Waals surface area contributed by atoms with Crippen LogP contribution in [-0.2, 0) is 11.2 Å². The molecule has 88 valence electrons. The minimum absolute atomic E-state index is 0.103. The molecule has 0 bridgehead atoms. The highest BCUT2D eigenvalue weighted by Gasteiger charge is 2.03. The number of rotatable bonds is 6.